The van der Waals surface area contributed by atoms with Gasteiger partial charge in [0.15, 0.2) is 0 Å². The summed E-state index contributed by atoms with van der Waals surface area (Å²) in [6.07, 6.45) is 2.83. The van der Waals surface area contributed by atoms with Gasteiger partial charge in [-0.2, -0.15) is 0 Å². The van der Waals surface area contributed by atoms with Crippen molar-refractivity contribution in [1.82, 2.24) is 0 Å². The Bertz CT molecular complexity index is 346. The van der Waals surface area contributed by atoms with Crippen molar-refractivity contribution in [3.8, 4) is 0 Å². The third kappa shape index (κ3) is 6.37. The summed E-state index contributed by atoms with van der Waals surface area (Å²) < 4.78 is 14.4. The number of carbonyl (C=O) groups excluding carboxylic acids is 1. The Kier molecular flexibility index (Phi) is 6.51. The smallest absolute Gasteiger partial charge is 0.438 e. The first kappa shape index (κ1) is 13.3. The molecule has 0 aliphatic rings. The molecular weight excluding hydrogens is 220 g/mol. The van der Waals surface area contributed by atoms with Crippen molar-refractivity contribution >= 4 is 6.16 Å². The fourth-order valence-corrected chi connectivity index (χ4v) is 1.13. The highest BCUT2D eigenvalue weighted by atomic mass is 16.7. The van der Waals surface area contributed by atoms with Crippen LogP contribution in [-0.4, -0.2) is 26.5 Å². The van der Waals surface area contributed by atoms with Crippen molar-refractivity contribution in [2.45, 2.75) is 6.61 Å². The third-order valence-corrected chi connectivity index (χ3v) is 1.96. The molecule has 0 radical (unpaired) electrons. The Morgan fingerprint density at radius 1 is 1.18 bits per heavy atom. The average Bonchev–Trinajstić information content (AvgIpc) is 2.38. The van der Waals surface area contributed by atoms with E-state index in [-0.39, 0.29) is 6.61 Å². The molecule has 1 aromatic carbocycles. The highest BCUT2D eigenvalue weighted by Gasteiger charge is 1.95. The lowest BCUT2D eigenvalue weighted by molar-refractivity contribution is 0.0815. The lowest BCUT2D eigenvalue weighted by Gasteiger charge is -2.01. The molecule has 0 atom stereocenters. The summed E-state index contributed by atoms with van der Waals surface area (Å²) in [5, 5.41) is 0. The fourth-order valence-electron chi connectivity index (χ4n) is 1.13. The van der Waals surface area contributed by atoms with Gasteiger partial charge in [0, 0.05) is 0 Å². The van der Waals surface area contributed by atoms with Gasteiger partial charge in [-0.05, 0) is 11.6 Å². The van der Waals surface area contributed by atoms with Crippen molar-refractivity contribution in [2.24, 2.45) is 0 Å². The second kappa shape index (κ2) is 8.35. The first-order valence-electron chi connectivity index (χ1n) is 5.30. The Labute approximate surface area is 101 Å². The van der Waals surface area contributed by atoms with Crippen LogP contribution in [0.4, 0.5) is 4.79 Å². The molecular formula is C13H16O4. The van der Waals surface area contributed by atoms with Crippen molar-refractivity contribution in [1.29, 1.82) is 0 Å². The molecule has 4 nitrogen and oxygen atoms in total. The summed E-state index contributed by atoms with van der Waals surface area (Å²) in [5.41, 5.74) is 1.13. The summed E-state index contributed by atoms with van der Waals surface area (Å²) in [7, 11) is 1.27. The molecule has 4 heteroatoms. The molecule has 0 N–H and O–H groups in total. The maximum absolute atomic E-state index is 10.6. The number of methoxy groups -OCH3 is 1. The second-order valence-corrected chi connectivity index (χ2v) is 3.24. The van der Waals surface area contributed by atoms with Crippen LogP contribution in [0.1, 0.15) is 5.56 Å². The number of hydrogen-bond donors (Lipinski definition) is 0. The average molecular weight is 236 g/mol. The van der Waals surface area contributed by atoms with Crippen LogP contribution in [-0.2, 0) is 20.8 Å². The van der Waals surface area contributed by atoms with Gasteiger partial charge in [0.1, 0.15) is 6.61 Å². The van der Waals surface area contributed by atoms with Gasteiger partial charge in [0.05, 0.1) is 20.3 Å². The number of hydrogen-bond acceptors (Lipinski definition) is 4. The first-order chi connectivity index (χ1) is 8.33. The van der Waals surface area contributed by atoms with Crippen molar-refractivity contribution in [3.05, 3.63) is 48.0 Å². The van der Waals surface area contributed by atoms with E-state index in [0.29, 0.717) is 13.2 Å². The predicted molar refractivity (Wildman–Crippen MR) is 63.6 cm³/mol. The van der Waals surface area contributed by atoms with Crippen LogP contribution >= 0.6 is 0 Å². The Hall–Kier alpha value is -1.81. The molecule has 0 heterocycles. The molecule has 17 heavy (non-hydrogen) atoms. The van der Waals surface area contributed by atoms with Gasteiger partial charge in [0.25, 0.3) is 0 Å². The van der Waals surface area contributed by atoms with Crippen molar-refractivity contribution < 1.29 is 19.0 Å². The van der Waals surface area contributed by atoms with Crippen LogP contribution < -0.4 is 0 Å². The summed E-state index contributed by atoms with van der Waals surface area (Å²) in [5.74, 6) is 0. The molecule has 0 saturated carbocycles. The van der Waals surface area contributed by atoms with Crippen LogP contribution in [0.15, 0.2) is 42.5 Å². The maximum Gasteiger partial charge on any atom is 0.508 e. The zero-order chi connectivity index (χ0) is 12.3. The molecule has 0 unspecified atom stereocenters. The monoisotopic (exact) mass is 236 g/mol. The maximum atomic E-state index is 10.6. The molecule has 0 spiro atoms. The van der Waals surface area contributed by atoms with E-state index in [0.717, 1.165) is 5.56 Å². The van der Waals surface area contributed by atoms with Gasteiger partial charge in [-0.3, -0.25) is 0 Å². The van der Waals surface area contributed by atoms with Crippen LogP contribution in [0.3, 0.4) is 0 Å². The second-order valence-electron chi connectivity index (χ2n) is 3.24. The van der Waals surface area contributed by atoms with E-state index in [2.05, 4.69) is 9.47 Å². The van der Waals surface area contributed by atoms with Gasteiger partial charge in [-0.15, -0.1) is 0 Å². The van der Waals surface area contributed by atoms with Gasteiger partial charge in [-0.25, -0.2) is 4.79 Å². The van der Waals surface area contributed by atoms with E-state index < -0.39 is 6.16 Å². The van der Waals surface area contributed by atoms with Crippen molar-refractivity contribution in [3.63, 3.8) is 0 Å². The SMILES string of the molecule is COC(=O)OC/C=C\COCc1ccccc1. The van der Waals surface area contributed by atoms with Crippen molar-refractivity contribution in [2.75, 3.05) is 20.3 Å². The zero-order valence-electron chi connectivity index (χ0n) is 9.80. The predicted octanol–water partition coefficient (Wildman–Crippen LogP) is 2.54. The molecule has 1 aromatic rings. The molecule has 0 fully saturated rings. The van der Waals surface area contributed by atoms with E-state index in [1.54, 1.807) is 12.2 Å². The third-order valence-electron chi connectivity index (χ3n) is 1.96. The van der Waals surface area contributed by atoms with Crippen LogP contribution in [0.2, 0.25) is 0 Å². The van der Waals surface area contributed by atoms with E-state index in [1.165, 1.54) is 7.11 Å². The summed E-state index contributed by atoms with van der Waals surface area (Å²) in [6, 6.07) is 9.92. The molecule has 0 aliphatic heterocycles. The minimum atomic E-state index is -0.681. The lowest BCUT2D eigenvalue weighted by Crippen LogP contribution is -2.03. The van der Waals surface area contributed by atoms with Gasteiger partial charge in [-0.1, -0.05) is 36.4 Å². The molecule has 0 bridgehead atoms. The highest BCUT2D eigenvalue weighted by molar-refractivity contribution is 5.59. The Morgan fingerprint density at radius 2 is 1.88 bits per heavy atom. The summed E-state index contributed by atoms with van der Waals surface area (Å²) in [4.78, 5) is 10.6. The lowest BCUT2D eigenvalue weighted by atomic mass is 10.2. The van der Waals surface area contributed by atoms with Crippen LogP contribution in [0, 0.1) is 0 Å². The number of carbonyl (C=O) groups is 1. The van der Waals surface area contributed by atoms with Gasteiger partial charge >= 0.3 is 6.16 Å². The van der Waals surface area contributed by atoms with E-state index in [4.69, 9.17) is 4.74 Å². The molecule has 0 aromatic heterocycles. The minimum Gasteiger partial charge on any atom is -0.438 e. The largest absolute Gasteiger partial charge is 0.508 e. The Morgan fingerprint density at radius 3 is 2.59 bits per heavy atom. The van der Waals surface area contributed by atoms with Gasteiger partial charge < -0.3 is 14.2 Å². The first-order valence-corrected chi connectivity index (χ1v) is 5.30. The molecule has 0 saturated heterocycles. The number of ether oxygens (including phenoxy) is 3. The van der Waals surface area contributed by atoms with Crippen LogP contribution in [0.5, 0.6) is 0 Å². The summed E-state index contributed by atoms with van der Waals surface area (Å²) in [6.45, 7) is 1.25. The molecule has 0 aliphatic carbocycles. The standard InChI is InChI=1S/C13H16O4/c1-15-13(14)17-10-6-5-9-16-11-12-7-3-2-4-8-12/h2-8H,9-11H2,1H3/b6-5-. The zero-order valence-corrected chi connectivity index (χ0v) is 9.80. The number of benzene rings is 1. The summed E-state index contributed by atoms with van der Waals surface area (Å²) >= 11 is 0. The van der Waals surface area contributed by atoms with E-state index >= 15 is 0 Å². The van der Waals surface area contributed by atoms with E-state index in [1.807, 2.05) is 30.3 Å². The molecule has 1 rings (SSSR count). The minimum absolute atomic E-state index is 0.196. The molecule has 0 amide bonds. The van der Waals surface area contributed by atoms with Gasteiger partial charge in [0.2, 0.25) is 0 Å². The highest BCUT2D eigenvalue weighted by Crippen LogP contribution is 2.00. The van der Waals surface area contributed by atoms with E-state index in [9.17, 15) is 4.79 Å². The van der Waals surface area contributed by atoms with Crippen LogP contribution in [0.25, 0.3) is 0 Å². The quantitative estimate of drug-likeness (QED) is 0.432. The topological polar surface area (TPSA) is 44.8 Å². The fraction of sp³-hybridized carbons (Fsp3) is 0.308. The Balaban J connectivity index is 2.04. The molecule has 92 valence electrons. The normalized spacial score (nSPS) is 10.4. The number of rotatable bonds is 6.